The van der Waals surface area contributed by atoms with Crippen LogP contribution in [0.5, 0.6) is 0 Å². The highest BCUT2D eigenvalue weighted by molar-refractivity contribution is 5.84. The predicted molar refractivity (Wildman–Crippen MR) is 60.3 cm³/mol. The molecule has 0 aromatic rings. The number of piperidine rings is 1. The maximum atomic E-state index is 11.8. The van der Waals surface area contributed by atoms with E-state index in [9.17, 15) is 14.4 Å². The van der Waals surface area contributed by atoms with E-state index in [1.54, 1.807) is 0 Å². The second-order valence-corrected chi connectivity index (χ2v) is 4.17. The van der Waals surface area contributed by atoms with Crippen molar-refractivity contribution in [3.63, 3.8) is 0 Å². The molecule has 1 fully saturated rings. The van der Waals surface area contributed by atoms with E-state index in [0.717, 1.165) is 12.8 Å². The third kappa shape index (κ3) is 4.05. The van der Waals surface area contributed by atoms with Gasteiger partial charge in [0.15, 0.2) is 0 Å². The number of rotatable bonds is 4. The number of hydrogen-bond acceptors (Lipinski definition) is 3. The number of hydrogen-bond donors (Lipinski definition) is 2. The topological polar surface area (TPSA) is 86.7 Å². The van der Waals surface area contributed by atoms with Crippen molar-refractivity contribution in [1.82, 2.24) is 10.2 Å². The van der Waals surface area contributed by atoms with Crippen LogP contribution in [-0.4, -0.2) is 46.9 Å². The first-order valence-electron chi connectivity index (χ1n) is 5.79. The van der Waals surface area contributed by atoms with E-state index in [1.807, 2.05) is 0 Å². The van der Waals surface area contributed by atoms with Gasteiger partial charge in [0.25, 0.3) is 0 Å². The molecule has 0 aromatic heterocycles. The molecular weight excluding hydrogens is 224 g/mol. The van der Waals surface area contributed by atoms with Gasteiger partial charge in [-0.25, -0.2) is 4.79 Å². The molecule has 0 saturated carbocycles. The van der Waals surface area contributed by atoms with Crippen LogP contribution < -0.4 is 5.32 Å². The Hall–Kier alpha value is -1.59. The molecule has 17 heavy (non-hydrogen) atoms. The van der Waals surface area contributed by atoms with Crippen molar-refractivity contribution in [3.05, 3.63) is 0 Å². The van der Waals surface area contributed by atoms with E-state index in [1.165, 1.54) is 11.8 Å². The van der Waals surface area contributed by atoms with E-state index < -0.39 is 12.0 Å². The molecule has 2 amide bonds. The third-order valence-corrected chi connectivity index (χ3v) is 2.82. The van der Waals surface area contributed by atoms with Gasteiger partial charge >= 0.3 is 5.97 Å². The van der Waals surface area contributed by atoms with Crippen LogP contribution in [-0.2, 0) is 14.4 Å². The van der Waals surface area contributed by atoms with Gasteiger partial charge in [-0.2, -0.15) is 0 Å². The smallest absolute Gasteiger partial charge is 0.326 e. The molecule has 0 spiro atoms. The second kappa shape index (κ2) is 6.22. The number of aliphatic carboxylic acids is 1. The average Bonchev–Trinajstić information content (AvgIpc) is 2.28. The molecule has 0 radical (unpaired) electrons. The first-order chi connectivity index (χ1) is 8.02. The van der Waals surface area contributed by atoms with Gasteiger partial charge in [-0.3, -0.25) is 9.59 Å². The molecule has 1 atom stereocenters. The summed E-state index contributed by atoms with van der Waals surface area (Å²) >= 11 is 0. The van der Waals surface area contributed by atoms with Crippen molar-refractivity contribution in [3.8, 4) is 0 Å². The molecule has 96 valence electrons. The zero-order chi connectivity index (χ0) is 12.8. The SMILES string of the molecule is CC(=O)NCCC(=O)N1CCCCC1C(=O)O. The molecule has 1 aliphatic rings. The molecule has 0 aliphatic carbocycles. The number of carboxylic acids is 1. The zero-order valence-electron chi connectivity index (χ0n) is 9.94. The van der Waals surface area contributed by atoms with Gasteiger partial charge in [0.2, 0.25) is 11.8 Å². The molecular formula is C11H18N2O4. The van der Waals surface area contributed by atoms with Crippen LogP contribution in [0, 0.1) is 0 Å². The number of likely N-dealkylation sites (tertiary alicyclic amines) is 1. The van der Waals surface area contributed by atoms with Crippen molar-refractivity contribution in [2.24, 2.45) is 0 Å². The average molecular weight is 242 g/mol. The van der Waals surface area contributed by atoms with E-state index >= 15 is 0 Å². The highest BCUT2D eigenvalue weighted by Crippen LogP contribution is 2.17. The Morgan fingerprint density at radius 1 is 1.35 bits per heavy atom. The third-order valence-electron chi connectivity index (χ3n) is 2.82. The summed E-state index contributed by atoms with van der Waals surface area (Å²) in [7, 11) is 0. The maximum Gasteiger partial charge on any atom is 0.326 e. The highest BCUT2D eigenvalue weighted by atomic mass is 16.4. The Kier molecular flexibility index (Phi) is 4.93. The molecule has 1 unspecified atom stereocenters. The Balaban J connectivity index is 2.47. The first kappa shape index (κ1) is 13.5. The number of nitrogens with one attached hydrogen (secondary N) is 1. The summed E-state index contributed by atoms with van der Waals surface area (Å²) in [5.74, 6) is -1.34. The van der Waals surface area contributed by atoms with Crippen LogP contribution >= 0.6 is 0 Å². The van der Waals surface area contributed by atoms with Crippen LogP contribution in [0.2, 0.25) is 0 Å². The van der Waals surface area contributed by atoms with Crippen molar-refractivity contribution < 1.29 is 19.5 Å². The lowest BCUT2D eigenvalue weighted by Gasteiger charge is -2.33. The molecule has 2 N–H and O–H groups in total. The van der Waals surface area contributed by atoms with Crippen molar-refractivity contribution in [2.75, 3.05) is 13.1 Å². The van der Waals surface area contributed by atoms with E-state index in [0.29, 0.717) is 13.0 Å². The second-order valence-electron chi connectivity index (χ2n) is 4.17. The zero-order valence-corrected chi connectivity index (χ0v) is 9.94. The van der Waals surface area contributed by atoms with Crippen LogP contribution in [0.4, 0.5) is 0 Å². The molecule has 1 heterocycles. The van der Waals surface area contributed by atoms with Gasteiger partial charge in [-0.1, -0.05) is 0 Å². The van der Waals surface area contributed by atoms with Crippen LogP contribution in [0.25, 0.3) is 0 Å². The lowest BCUT2D eigenvalue weighted by atomic mass is 10.0. The molecule has 1 aliphatic heterocycles. The van der Waals surface area contributed by atoms with Gasteiger partial charge in [0.1, 0.15) is 6.04 Å². The Labute approximate surface area is 100.0 Å². The minimum absolute atomic E-state index is 0.156. The summed E-state index contributed by atoms with van der Waals surface area (Å²) in [5, 5.41) is 11.5. The van der Waals surface area contributed by atoms with Gasteiger partial charge in [0, 0.05) is 26.4 Å². The highest BCUT2D eigenvalue weighted by Gasteiger charge is 2.31. The predicted octanol–water partition coefficient (Wildman–Crippen LogP) is -0.0217. The number of nitrogens with zero attached hydrogens (tertiary/aromatic N) is 1. The molecule has 0 aromatic carbocycles. The number of carboxylic acid groups (broad SMARTS) is 1. The Bertz CT molecular complexity index is 317. The number of amides is 2. The lowest BCUT2D eigenvalue weighted by molar-refractivity contribution is -0.152. The quantitative estimate of drug-likeness (QED) is 0.725. The fourth-order valence-electron chi connectivity index (χ4n) is 1.98. The van der Waals surface area contributed by atoms with E-state index in [2.05, 4.69) is 5.32 Å². The van der Waals surface area contributed by atoms with Crippen molar-refractivity contribution in [2.45, 2.75) is 38.6 Å². The maximum absolute atomic E-state index is 11.8. The fraction of sp³-hybridized carbons (Fsp3) is 0.727. The van der Waals surface area contributed by atoms with Gasteiger partial charge in [-0.05, 0) is 19.3 Å². The van der Waals surface area contributed by atoms with Gasteiger partial charge in [-0.15, -0.1) is 0 Å². The largest absolute Gasteiger partial charge is 0.480 e. The van der Waals surface area contributed by atoms with E-state index in [4.69, 9.17) is 5.11 Å². The van der Waals surface area contributed by atoms with Gasteiger partial charge in [0.05, 0.1) is 0 Å². The molecule has 0 bridgehead atoms. The first-order valence-corrected chi connectivity index (χ1v) is 5.79. The van der Waals surface area contributed by atoms with Crippen molar-refractivity contribution in [1.29, 1.82) is 0 Å². The number of carbonyl (C=O) groups excluding carboxylic acids is 2. The van der Waals surface area contributed by atoms with Crippen LogP contribution in [0.15, 0.2) is 0 Å². The summed E-state index contributed by atoms with van der Waals surface area (Å²) in [6.45, 7) is 2.14. The van der Waals surface area contributed by atoms with Gasteiger partial charge < -0.3 is 15.3 Å². The number of carbonyl (C=O) groups is 3. The fourth-order valence-corrected chi connectivity index (χ4v) is 1.98. The molecule has 6 heteroatoms. The summed E-state index contributed by atoms with van der Waals surface area (Å²) < 4.78 is 0. The minimum atomic E-state index is -0.947. The van der Waals surface area contributed by atoms with E-state index in [-0.39, 0.29) is 24.8 Å². The summed E-state index contributed by atoms with van der Waals surface area (Å²) in [6.07, 6.45) is 2.35. The normalized spacial score (nSPS) is 19.8. The Morgan fingerprint density at radius 3 is 2.65 bits per heavy atom. The Morgan fingerprint density at radius 2 is 2.06 bits per heavy atom. The lowest BCUT2D eigenvalue weighted by Crippen LogP contribution is -2.48. The monoisotopic (exact) mass is 242 g/mol. The summed E-state index contributed by atoms with van der Waals surface area (Å²) in [5.41, 5.74) is 0. The van der Waals surface area contributed by atoms with Crippen LogP contribution in [0.1, 0.15) is 32.6 Å². The standard InChI is InChI=1S/C11H18N2O4/c1-8(14)12-6-5-10(15)13-7-3-2-4-9(13)11(16)17/h9H,2-7H2,1H3,(H,12,14)(H,16,17). The minimum Gasteiger partial charge on any atom is -0.480 e. The van der Waals surface area contributed by atoms with Crippen LogP contribution in [0.3, 0.4) is 0 Å². The summed E-state index contributed by atoms with van der Waals surface area (Å²) in [4.78, 5) is 34.8. The molecule has 1 saturated heterocycles. The summed E-state index contributed by atoms with van der Waals surface area (Å²) in [6, 6.07) is -0.700. The van der Waals surface area contributed by atoms with Crippen molar-refractivity contribution >= 4 is 17.8 Å². The molecule has 6 nitrogen and oxygen atoms in total. The molecule has 1 rings (SSSR count).